The van der Waals surface area contributed by atoms with Gasteiger partial charge in [0.1, 0.15) is 6.33 Å². The first kappa shape index (κ1) is 16.0. The number of imidazole rings is 1. The molecule has 4 heteroatoms. The van der Waals surface area contributed by atoms with E-state index in [-0.39, 0.29) is 5.78 Å². The number of nitrogens with zero attached hydrogens (tertiary/aromatic N) is 3. The number of rotatable bonds is 3. The molecule has 4 rings (SSSR count). The number of aromatic nitrogens is 2. The molecular formula is C21H23N3O. The van der Waals surface area contributed by atoms with E-state index in [9.17, 15) is 4.79 Å². The summed E-state index contributed by atoms with van der Waals surface area (Å²) in [5.74, 6) is 0.665. The lowest BCUT2D eigenvalue weighted by atomic mass is 9.90. The van der Waals surface area contributed by atoms with Crippen LogP contribution in [0.15, 0.2) is 48.8 Å². The van der Waals surface area contributed by atoms with Gasteiger partial charge in [-0.1, -0.05) is 12.1 Å². The van der Waals surface area contributed by atoms with Crippen molar-refractivity contribution < 1.29 is 4.79 Å². The first-order valence-corrected chi connectivity index (χ1v) is 8.89. The van der Waals surface area contributed by atoms with Crippen LogP contribution in [0.5, 0.6) is 0 Å². The summed E-state index contributed by atoms with van der Waals surface area (Å²) in [7, 11) is 2.20. The van der Waals surface area contributed by atoms with Crippen LogP contribution in [-0.4, -0.2) is 40.4 Å². The van der Waals surface area contributed by atoms with Gasteiger partial charge in [0.05, 0.1) is 11.0 Å². The first-order valence-electron chi connectivity index (χ1n) is 8.89. The number of likely N-dealkylation sites (tertiary alicyclic amines) is 1. The molecule has 0 spiro atoms. The molecule has 1 fully saturated rings. The second-order valence-electron chi connectivity index (χ2n) is 7.07. The van der Waals surface area contributed by atoms with Crippen LogP contribution in [0.2, 0.25) is 0 Å². The summed E-state index contributed by atoms with van der Waals surface area (Å²) in [6.45, 7) is 3.90. The summed E-state index contributed by atoms with van der Waals surface area (Å²) in [4.78, 5) is 18.5. The highest BCUT2D eigenvalue weighted by Crippen LogP contribution is 2.28. The molecule has 2 heterocycles. The highest BCUT2D eigenvalue weighted by Gasteiger charge is 2.19. The number of hydrogen-bond acceptors (Lipinski definition) is 3. The second-order valence-corrected chi connectivity index (χ2v) is 7.07. The van der Waals surface area contributed by atoms with Crippen LogP contribution in [0.4, 0.5) is 0 Å². The normalized spacial score (nSPS) is 18.6. The maximum absolute atomic E-state index is 11.6. The van der Waals surface area contributed by atoms with Crippen LogP contribution < -0.4 is 0 Å². The summed E-state index contributed by atoms with van der Waals surface area (Å²) in [5, 5.41) is 0. The Morgan fingerprint density at radius 3 is 2.88 bits per heavy atom. The Kier molecular flexibility index (Phi) is 4.14. The van der Waals surface area contributed by atoms with Crippen molar-refractivity contribution in [1.82, 2.24) is 14.5 Å². The molecule has 0 bridgehead atoms. The third kappa shape index (κ3) is 3.10. The summed E-state index contributed by atoms with van der Waals surface area (Å²) < 4.78 is 2.11. The van der Waals surface area contributed by atoms with Gasteiger partial charge in [0.15, 0.2) is 5.78 Å². The zero-order chi connectivity index (χ0) is 17.4. The summed E-state index contributed by atoms with van der Waals surface area (Å²) in [6.07, 6.45) is 4.36. The molecule has 0 saturated carbocycles. The molecule has 1 aliphatic heterocycles. The fourth-order valence-corrected chi connectivity index (χ4v) is 3.80. The number of carbonyl (C=O) groups excluding carboxylic acids is 1. The molecular weight excluding hydrogens is 310 g/mol. The predicted octanol–water partition coefficient (Wildman–Crippen LogP) is 4.04. The van der Waals surface area contributed by atoms with E-state index in [4.69, 9.17) is 0 Å². The molecule has 25 heavy (non-hydrogen) atoms. The van der Waals surface area contributed by atoms with E-state index in [1.54, 1.807) is 6.92 Å². The van der Waals surface area contributed by atoms with E-state index in [0.29, 0.717) is 11.5 Å². The van der Waals surface area contributed by atoms with E-state index >= 15 is 0 Å². The Bertz CT molecular complexity index is 928. The van der Waals surface area contributed by atoms with E-state index in [0.717, 1.165) is 23.3 Å². The molecule has 3 aromatic rings. The monoisotopic (exact) mass is 333 g/mol. The van der Waals surface area contributed by atoms with E-state index in [1.165, 1.54) is 24.9 Å². The Balaban J connectivity index is 1.71. The Morgan fingerprint density at radius 1 is 1.20 bits per heavy atom. The van der Waals surface area contributed by atoms with Gasteiger partial charge >= 0.3 is 0 Å². The maximum Gasteiger partial charge on any atom is 0.159 e. The lowest BCUT2D eigenvalue weighted by Gasteiger charge is -2.30. The fraction of sp³-hybridized carbons (Fsp3) is 0.333. The molecule has 0 aliphatic carbocycles. The zero-order valence-corrected chi connectivity index (χ0v) is 14.8. The van der Waals surface area contributed by atoms with Crippen molar-refractivity contribution in [3.63, 3.8) is 0 Å². The molecule has 1 unspecified atom stereocenters. The number of Topliss-reactive ketones (excluding diaryl/α,β-unsaturated/α-hetero) is 1. The van der Waals surface area contributed by atoms with Crippen LogP contribution in [0.1, 0.15) is 41.6 Å². The van der Waals surface area contributed by atoms with Gasteiger partial charge in [-0.05, 0) is 75.2 Å². The largest absolute Gasteiger partial charge is 0.306 e. The van der Waals surface area contributed by atoms with Crippen molar-refractivity contribution in [2.24, 2.45) is 0 Å². The summed E-state index contributed by atoms with van der Waals surface area (Å²) in [6, 6.07) is 14.5. The van der Waals surface area contributed by atoms with Crippen LogP contribution in [0.3, 0.4) is 0 Å². The molecule has 0 amide bonds. The fourth-order valence-electron chi connectivity index (χ4n) is 3.80. The van der Waals surface area contributed by atoms with Crippen molar-refractivity contribution in [3.05, 3.63) is 59.9 Å². The Hall–Kier alpha value is -2.46. The minimum atomic E-state index is 0.0693. The molecule has 0 radical (unpaired) electrons. The molecule has 128 valence electrons. The standard InChI is InChI=1S/C21H23N3O/c1-15(25)16-8-9-21-20(12-16)22-14-24(21)19-7-3-5-17(11-19)18-6-4-10-23(2)13-18/h3,5,7-9,11-12,14,18H,4,6,10,13H2,1-2H3. The van der Waals surface area contributed by atoms with Gasteiger partial charge in [-0.2, -0.15) is 0 Å². The van der Waals surface area contributed by atoms with E-state index in [1.807, 2.05) is 24.5 Å². The van der Waals surface area contributed by atoms with Gasteiger partial charge < -0.3 is 4.90 Å². The molecule has 4 nitrogen and oxygen atoms in total. The number of piperidine rings is 1. The third-order valence-electron chi connectivity index (χ3n) is 5.20. The maximum atomic E-state index is 11.6. The lowest BCUT2D eigenvalue weighted by Crippen LogP contribution is -2.30. The smallest absolute Gasteiger partial charge is 0.159 e. The number of fused-ring (bicyclic) bond motifs is 1. The number of likely N-dealkylation sites (N-methyl/N-ethyl adjacent to an activating group) is 1. The van der Waals surface area contributed by atoms with Crippen LogP contribution in [-0.2, 0) is 0 Å². The average Bonchev–Trinajstić information content (AvgIpc) is 3.05. The number of benzene rings is 2. The topological polar surface area (TPSA) is 38.1 Å². The molecule has 1 saturated heterocycles. The van der Waals surface area contributed by atoms with Crippen LogP contribution in [0.25, 0.3) is 16.7 Å². The SMILES string of the molecule is CC(=O)c1ccc2c(c1)ncn2-c1cccc(C2CCCN(C)C2)c1. The van der Waals surface area contributed by atoms with Crippen molar-refractivity contribution in [1.29, 1.82) is 0 Å². The Morgan fingerprint density at radius 2 is 2.08 bits per heavy atom. The first-order chi connectivity index (χ1) is 12.1. The zero-order valence-electron chi connectivity index (χ0n) is 14.8. The third-order valence-corrected chi connectivity index (χ3v) is 5.20. The quantitative estimate of drug-likeness (QED) is 0.679. The molecule has 1 aliphatic rings. The summed E-state index contributed by atoms with van der Waals surface area (Å²) in [5.41, 5.74) is 5.12. The highest BCUT2D eigenvalue weighted by atomic mass is 16.1. The molecule has 0 N–H and O–H groups in total. The molecule has 1 aromatic heterocycles. The van der Waals surface area contributed by atoms with Crippen molar-refractivity contribution in [2.45, 2.75) is 25.7 Å². The number of hydrogen-bond donors (Lipinski definition) is 0. The average molecular weight is 333 g/mol. The van der Waals surface area contributed by atoms with Crippen molar-refractivity contribution in [3.8, 4) is 5.69 Å². The molecule has 2 aromatic carbocycles. The van der Waals surface area contributed by atoms with Gasteiger partial charge in [-0.15, -0.1) is 0 Å². The van der Waals surface area contributed by atoms with Crippen molar-refractivity contribution in [2.75, 3.05) is 20.1 Å². The number of ketones is 1. The van der Waals surface area contributed by atoms with Gasteiger partial charge in [0, 0.05) is 17.8 Å². The minimum Gasteiger partial charge on any atom is -0.306 e. The highest BCUT2D eigenvalue weighted by molar-refractivity contribution is 5.97. The lowest BCUT2D eigenvalue weighted by molar-refractivity contribution is 0.101. The molecule has 1 atom stereocenters. The van der Waals surface area contributed by atoms with Crippen LogP contribution >= 0.6 is 0 Å². The van der Waals surface area contributed by atoms with E-state index < -0.39 is 0 Å². The van der Waals surface area contributed by atoms with E-state index in [2.05, 4.69) is 45.8 Å². The van der Waals surface area contributed by atoms with Gasteiger partial charge in [-0.25, -0.2) is 4.98 Å². The summed E-state index contributed by atoms with van der Waals surface area (Å²) >= 11 is 0. The van der Waals surface area contributed by atoms with Gasteiger partial charge in [0.25, 0.3) is 0 Å². The van der Waals surface area contributed by atoms with Crippen molar-refractivity contribution >= 4 is 16.8 Å². The Labute approximate surface area is 148 Å². The second kappa shape index (κ2) is 6.45. The predicted molar refractivity (Wildman–Crippen MR) is 101 cm³/mol. The van der Waals surface area contributed by atoms with Gasteiger partial charge in [-0.3, -0.25) is 9.36 Å². The minimum absolute atomic E-state index is 0.0693. The number of carbonyl (C=O) groups is 1. The van der Waals surface area contributed by atoms with Gasteiger partial charge in [0.2, 0.25) is 0 Å². The van der Waals surface area contributed by atoms with Crippen LogP contribution in [0, 0.1) is 0 Å².